The van der Waals surface area contributed by atoms with Gasteiger partial charge in [0.15, 0.2) is 0 Å². The second kappa shape index (κ2) is 7.63. The molecule has 0 saturated carbocycles. The molecule has 1 fully saturated rings. The van der Waals surface area contributed by atoms with Crippen LogP contribution < -0.4 is 10.2 Å². The SMILES string of the molecule is CC(C)C1CCCN1c1ccc(NC(=O)CCc2ncn[nH]2)cc1F. The number of carbonyl (C=O) groups is 1. The fourth-order valence-electron chi connectivity index (χ4n) is 3.41. The number of aromatic amines is 1. The minimum absolute atomic E-state index is 0.176. The number of H-pyrrole nitrogens is 1. The molecule has 134 valence electrons. The lowest BCUT2D eigenvalue weighted by Gasteiger charge is -2.30. The van der Waals surface area contributed by atoms with E-state index in [0.29, 0.717) is 35.6 Å². The maximum atomic E-state index is 14.6. The van der Waals surface area contributed by atoms with Crippen molar-refractivity contribution in [3.8, 4) is 0 Å². The predicted molar refractivity (Wildman–Crippen MR) is 94.9 cm³/mol. The molecule has 1 aliphatic rings. The van der Waals surface area contributed by atoms with Crippen molar-refractivity contribution in [3.05, 3.63) is 36.2 Å². The average Bonchev–Trinajstić information content (AvgIpc) is 3.24. The molecule has 0 spiro atoms. The maximum absolute atomic E-state index is 14.6. The molecule has 1 amide bonds. The Bertz CT molecular complexity index is 716. The van der Waals surface area contributed by atoms with Crippen molar-refractivity contribution in [3.63, 3.8) is 0 Å². The minimum atomic E-state index is -0.291. The summed E-state index contributed by atoms with van der Waals surface area (Å²) in [4.78, 5) is 18.1. The van der Waals surface area contributed by atoms with Crippen LogP contribution in [0.3, 0.4) is 0 Å². The van der Waals surface area contributed by atoms with Gasteiger partial charge in [0.2, 0.25) is 5.91 Å². The van der Waals surface area contributed by atoms with E-state index in [-0.39, 0.29) is 18.1 Å². The van der Waals surface area contributed by atoms with Crippen LogP contribution in [-0.2, 0) is 11.2 Å². The molecule has 25 heavy (non-hydrogen) atoms. The van der Waals surface area contributed by atoms with Gasteiger partial charge in [0.05, 0.1) is 5.69 Å². The van der Waals surface area contributed by atoms with Crippen molar-refractivity contribution >= 4 is 17.3 Å². The van der Waals surface area contributed by atoms with E-state index in [2.05, 4.69) is 39.2 Å². The van der Waals surface area contributed by atoms with Gasteiger partial charge in [-0.2, -0.15) is 5.10 Å². The van der Waals surface area contributed by atoms with Crippen LogP contribution in [0.25, 0.3) is 0 Å². The first kappa shape index (κ1) is 17.4. The summed E-state index contributed by atoms with van der Waals surface area (Å²) in [6.07, 6.45) is 4.32. The van der Waals surface area contributed by atoms with Gasteiger partial charge in [-0.05, 0) is 37.0 Å². The fraction of sp³-hybridized carbons (Fsp3) is 0.500. The molecule has 1 aliphatic heterocycles. The number of hydrogen-bond acceptors (Lipinski definition) is 4. The molecule has 6 nitrogen and oxygen atoms in total. The van der Waals surface area contributed by atoms with Crippen molar-refractivity contribution in [1.29, 1.82) is 0 Å². The molecular formula is C18H24FN5O. The van der Waals surface area contributed by atoms with Crippen molar-refractivity contribution < 1.29 is 9.18 Å². The summed E-state index contributed by atoms with van der Waals surface area (Å²) in [6.45, 7) is 5.22. The number of hydrogen-bond donors (Lipinski definition) is 2. The molecule has 2 N–H and O–H groups in total. The highest BCUT2D eigenvalue weighted by Gasteiger charge is 2.28. The number of amides is 1. The number of anilines is 2. The van der Waals surface area contributed by atoms with Gasteiger partial charge in [-0.1, -0.05) is 13.8 Å². The van der Waals surface area contributed by atoms with Gasteiger partial charge < -0.3 is 10.2 Å². The van der Waals surface area contributed by atoms with Gasteiger partial charge in [0, 0.05) is 31.1 Å². The number of nitrogens with one attached hydrogen (secondary N) is 2. The van der Waals surface area contributed by atoms with E-state index in [1.165, 1.54) is 12.4 Å². The largest absolute Gasteiger partial charge is 0.366 e. The molecule has 1 atom stereocenters. The third kappa shape index (κ3) is 4.15. The number of aromatic nitrogens is 3. The summed E-state index contributed by atoms with van der Waals surface area (Å²) in [6, 6.07) is 5.30. The highest BCUT2D eigenvalue weighted by atomic mass is 19.1. The Hall–Kier alpha value is -2.44. The molecule has 3 rings (SSSR count). The molecule has 0 aliphatic carbocycles. The second-order valence-corrected chi connectivity index (χ2v) is 6.79. The summed E-state index contributed by atoms with van der Waals surface area (Å²) in [5.41, 5.74) is 1.10. The molecular weight excluding hydrogens is 321 g/mol. The topological polar surface area (TPSA) is 73.9 Å². The Morgan fingerprint density at radius 1 is 1.48 bits per heavy atom. The van der Waals surface area contributed by atoms with Crippen LogP contribution >= 0.6 is 0 Å². The van der Waals surface area contributed by atoms with E-state index >= 15 is 0 Å². The van der Waals surface area contributed by atoms with Crippen LogP contribution in [0.1, 0.15) is 38.9 Å². The highest BCUT2D eigenvalue weighted by molar-refractivity contribution is 5.91. The van der Waals surface area contributed by atoms with Crippen molar-refractivity contribution in [2.45, 2.75) is 45.6 Å². The van der Waals surface area contributed by atoms with E-state index in [4.69, 9.17) is 0 Å². The standard InChI is InChI=1S/C18H24FN5O/c1-12(2)15-4-3-9-24(15)16-6-5-13(10-14(16)19)22-18(25)8-7-17-20-11-21-23-17/h5-6,10-12,15H,3-4,7-9H2,1-2H3,(H,22,25)(H,20,21,23). The number of benzene rings is 1. The molecule has 0 bridgehead atoms. The zero-order valence-electron chi connectivity index (χ0n) is 14.6. The number of rotatable bonds is 6. The van der Waals surface area contributed by atoms with E-state index in [9.17, 15) is 9.18 Å². The normalized spacial score (nSPS) is 17.3. The Balaban J connectivity index is 1.62. The molecule has 1 aromatic carbocycles. The van der Waals surface area contributed by atoms with Gasteiger partial charge in [0.25, 0.3) is 0 Å². The van der Waals surface area contributed by atoms with E-state index in [1.54, 1.807) is 12.1 Å². The van der Waals surface area contributed by atoms with Gasteiger partial charge >= 0.3 is 0 Å². The monoisotopic (exact) mass is 345 g/mol. The van der Waals surface area contributed by atoms with Crippen LogP contribution in [0.2, 0.25) is 0 Å². The second-order valence-electron chi connectivity index (χ2n) is 6.79. The molecule has 7 heteroatoms. The number of nitrogens with zero attached hydrogens (tertiary/aromatic N) is 3. The fourth-order valence-corrected chi connectivity index (χ4v) is 3.41. The van der Waals surface area contributed by atoms with Crippen LogP contribution in [0, 0.1) is 11.7 Å². The zero-order valence-corrected chi connectivity index (χ0v) is 14.6. The van der Waals surface area contributed by atoms with Gasteiger partial charge in [-0.3, -0.25) is 9.89 Å². The van der Waals surface area contributed by atoms with E-state index in [0.717, 1.165) is 19.4 Å². The summed E-state index contributed by atoms with van der Waals surface area (Å²) < 4.78 is 14.6. The van der Waals surface area contributed by atoms with Crippen LogP contribution in [0.15, 0.2) is 24.5 Å². The lowest BCUT2D eigenvalue weighted by atomic mass is 10.0. The maximum Gasteiger partial charge on any atom is 0.224 e. The Morgan fingerprint density at radius 2 is 2.32 bits per heavy atom. The zero-order chi connectivity index (χ0) is 17.8. The summed E-state index contributed by atoms with van der Waals surface area (Å²) in [7, 11) is 0. The van der Waals surface area contributed by atoms with Crippen LogP contribution in [-0.4, -0.2) is 33.7 Å². The Morgan fingerprint density at radius 3 is 3.00 bits per heavy atom. The first-order valence-corrected chi connectivity index (χ1v) is 8.75. The average molecular weight is 345 g/mol. The van der Waals surface area contributed by atoms with Crippen molar-refractivity contribution in [1.82, 2.24) is 15.2 Å². The molecule has 1 unspecified atom stereocenters. The quantitative estimate of drug-likeness (QED) is 0.843. The van der Waals surface area contributed by atoms with Crippen molar-refractivity contribution in [2.75, 3.05) is 16.8 Å². The Labute approximate surface area is 146 Å². The summed E-state index contributed by atoms with van der Waals surface area (Å²) in [5, 5.41) is 9.19. The molecule has 2 aromatic rings. The Kier molecular flexibility index (Phi) is 5.31. The van der Waals surface area contributed by atoms with Crippen LogP contribution in [0.5, 0.6) is 0 Å². The molecule has 1 aromatic heterocycles. The predicted octanol–water partition coefficient (Wildman–Crippen LogP) is 3.14. The van der Waals surface area contributed by atoms with E-state index in [1.807, 2.05) is 0 Å². The summed E-state index contributed by atoms with van der Waals surface area (Å²) >= 11 is 0. The minimum Gasteiger partial charge on any atom is -0.366 e. The molecule has 1 saturated heterocycles. The summed E-state index contributed by atoms with van der Waals surface area (Å²) in [5.74, 6) is 0.674. The van der Waals surface area contributed by atoms with E-state index < -0.39 is 0 Å². The number of halogens is 1. The van der Waals surface area contributed by atoms with Gasteiger partial charge in [-0.15, -0.1) is 0 Å². The highest BCUT2D eigenvalue weighted by Crippen LogP contribution is 2.32. The molecule has 2 heterocycles. The number of aryl methyl sites for hydroxylation is 1. The third-order valence-electron chi connectivity index (χ3n) is 4.66. The lowest BCUT2D eigenvalue weighted by Crippen LogP contribution is -2.33. The third-order valence-corrected chi connectivity index (χ3v) is 4.66. The van der Waals surface area contributed by atoms with Gasteiger partial charge in [-0.25, -0.2) is 9.37 Å². The van der Waals surface area contributed by atoms with Crippen LogP contribution in [0.4, 0.5) is 15.8 Å². The number of carbonyl (C=O) groups excluding carboxylic acids is 1. The molecule has 0 radical (unpaired) electrons. The lowest BCUT2D eigenvalue weighted by molar-refractivity contribution is -0.116. The first-order chi connectivity index (χ1) is 12.0. The van der Waals surface area contributed by atoms with Gasteiger partial charge in [0.1, 0.15) is 18.0 Å². The van der Waals surface area contributed by atoms with Crippen molar-refractivity contribution in [2.24, 2.45) is 5.92 Å². The smallest absolute Gasteiger partial charge is 0.224 e. The first-order valence-electron chi connectivity index (χ1n) is 8.75.